The fraction of sp³-hybridized carbons (Fsp3) is 0.538. The van der Waals surface area contributed by atoms with Gasteiger partial charge in [-0.1, -0.05) is 11.3 Å². The first kappa shape index (κ1) is 25.2. The number of nitrogens with one attached hydrogen (secondary N) is 2. The van der Waals surface area contributed by atoms with E-state index in [1.807, 2.05) is 41.7 Å². The van der Waals surface area contributed by atoms with Gasteiger partial charge in [-0.25, -0.2) is 15.0 Å². The molecule has 2 fully saturated rings. The molecule has 0 unspecified atom stereocenters. The topological polar surface area (TPSA) is 86.3 Å². The molecular formula is C26H35N7OS2. The average molecular weight is 526 g/mol. The fourth-order valence-corrected chi connectivity index (χ4v) is 6.50. The van der Waals surface area contributed by atoms with Crippen molar-refractivity contribution in [2.45, 2.75) is 49.1 Å². The maximum absolute atomic E-state index is 13.1. The van der Waals surface area contributed by atoms with Gasteiger partial charge < -0.3 is 20.4 Å². The van der Waals surface area contributed by atoms with Crippen LogP contribution in [0.25, 0.3) is 10.2 Å². The average Bonchev–Trinajstić information content (AvgIpc) is 3.53. The number of thioether (sulfide) groups is 1. The Labute approximate surface area is 221 Å². The molecule has 1 amide bonds. The Morgan fingerprint density at radius 1 is 1.17 bits per heavy atom. The van der Waals surface area contributed by atoms with E-state index in [0.717, 1.165) is 71.1 Å². The molecule has 5 rings (SSSR count). The Bertz CT molecular complexity index is 1170. The summed E-state index contributed by atoms with van der Waals surface area (Å²) in [6.07, 6.45) is 11.2. The molecule has 2 atom stereocenters. The molecule has 1 saturated carbocycles. The monoisotopic (exact) mass is 525 g/mol. The number of fused-ring (bicyclic) bond motifs is 1. The highest BCUT2D eigenvalue weighted by atomic mass is 32.2. The predicted molar refractivity (Wildman–Crippen MR) is 149 cm³/mol. The zero-order valence-corrected chi connectivity index (χ0v) is 22.9. The molecule has 36 heavy (non-hydrogen) atoms. The first-order valence-electron chi connectivity index (χ1n) is 12.7. The number of hydrogen-bond acceptors (Lipinski definition) is 9. The molecule has 3 heterocycles. The van der Waals surface area contributed by atoms with Crippen LogP contribution in [0.2, 0.25) is 0 Å². The van der Waals surface area contributed by atoms with Crippen LogP contribution in [0.1, 0.15) is 42.5 Å². The van der Waals surface area contributed by atoms with E-state index >= 15 is 0 Å². The van der Waals surface area contributed by atoms with Crippen molar-refractivity contribution in [3.8, 4) is 0 Å². The number of rotatable bonds is 8. The Hall–Kier alpha value is -2.43. The zero-order chi connectivity index (χ0) is 25.1. The van der Waals surface area contributed by atoms with Gasteiger partial charge in [0, 0.05) is 54.6 Å². The van der Waals surface area contributed by atoms with Gasteiger partial charge in [-0.2, -0.15) is 0 Å². The zero-order valence-electron chi connectivity index (χ0n) is 21.2. The summed E-state index contributed by atoms with van der Waals surface area (Å²) in [6, 6.07) is 6.91. The van der Waals surface area contributed by atoms with Crippen molar-refractivity contribution in [2.75, 3.05) is 50.6 Å². The Kier molecular flexibility index (Phi) is 7.93. The molecule has 2 aromatic heterocycles. The molecule has 0 spiro atoms. The molecule has 2 N–H and O–H groups in total. The number of carbonyl (C=O) groups excluding carboxylic acids is 1. The summed E-state index contributed by atoms with van der Waals surface area (Å²) in [7, 11) is 4.24. The van der Waals surface area contributed by atoms with Gasteiger partial charge in [0.05, 0.1) is 10.2 Å². The van der Waals surface area contributed by atoms with E-state index in [2.05, 4.69) is 39.6 Å². The lowest BCUT2D eigenvalue weighted by Gasteiger charge is -2.35. The van der Waals surface area contributed by atoms with Crippen LogP contribution in [-0.2, 0) is 0 Å². The van der Waals surface area contributed by atoms with E-state index in [4.69, 9.17) is 4.98 Å². The SMILES string of the molecule is CSc1cnc(NC[C@H]2CC[C@H](Nc3nc4ccc(C(=O)N5CCC(N(C)C)CC5)cc4s3)C2)nc1. The predicted octanol–water partition coefficient (Wildman–Crippen LogP) is 4.67. The third-order valence-corrected chi connectivity index (χ3v) is 9.03. The molecular weight excluding hydrogens is 490 g/mol. The Morgan fingerprint density at radius 3 is 2.67 bits per heavy atom. The van der Waals surface area contributed by atoms with Crippen LogP contribution < -0.4 is 10.6 Å². The van der Waals surface area contributed by atoms with Gasteiger partial charge in [0.15, 0.2) is 5.13 Å². The van der Waals surface area contributed by atoms with E-state index < -0.39 is 0 Å². The van der Waals surface area contributed by atoms with Crippen LogP contribution in [-0.4, -0.2) is 82.7 Å². The molecule has 1 aromatic carbocycles. The summed E-state index contributed by atoms with van der Waals surface area (Å²) in [5.41, 5.74) is 1.72. The molecule has 0 radical (unpaired) electrons. The first-order chi connectivity index (χ1) is 17.5. The van der Waals surface area contributed by atoms with Crippen LogP contribution >= 0.6 is 23.1 Å². The highest BCUT2D eigenvalue weighted by Gasteiger charge is 2.27. The molecule has 3 aromatic rings. The quantitative estimate of drug-likeness (QED) is 0.411. The van der Waals surface area contributed by atoms with Crippen LogP contribution in [0.15, 0.2) is 35.5 Å². The lowest BCUT2D eigenvalue weighted by Crippen LogP contribution is -2.44. The van der Waals surface area contributed by atoms with Crippen molar-refractivity contribution in [1.29, 1.82) is 0 Å². The number of nitrogens with zero attached hydrogens (tertiary/aromatic N) is 5. The smallest absolute Gasteiger partial charge is 0.253 e. The molecule has 10 heteroatoms. The Balaban J connectivity index is 1.14. The summed E-state index contributed by atoms with van der Waals surface area (Å²) < 4.78 is 1.06. The molecule has 192 valence electrons. The van der Waals surface area contributed by atoms with E-state index in [1.165, 1.54) is 6.42 Å². The van der Waals surface area contributed by atoms with Crippen LogP contribution in [0, 0.1) is 5.92 Å². The third-order valence-electron chi connectivity index (χ3n) is 7.40. The second-order valence-electron chi connectivity index (χ2n) is 10.0. The number of aromatic nitrogens is 3. The van der Waals surface area contributed by atoms with Crippen molar-refractivity contribution in [3.63, 3.8) is 0 Å². The van der Waals surface area contributed by atoms with Gasteiger partial charge in [0.2, 0.25) is 5.95 Å². The number of thiazole rings is 1. The summed E-state index contributed by atoms with van der Waals surface area (Å²) in [4.78, 5) is 32.0. The minimum Gasteiger partial charge on any atom is -0.359 e. The minimum absolute atomic E-state index is 0.134. The largest absolute Gasteiger partial charge is 0.359 e. The summed E-state index contributed by atoms with van der Waals surface area (Å²) in [6.45, 7) is 2.53. The number of benzene rings is 1. The van der Waals surface area contributed by atoms with Crippen molar-refractivity contribution < 1.29 is 4.79 Å². The van der Waals surface area contributed by atoms with Gasteiger partial charge in [0.25, 0.3) is 5.91 Å². The van der Waals surface area contributed by atoms with E-state index in [1.54, 1.807) is 23.1 Å². The van der Waals surface area contributed by atoms with Crippen molar-refractivity contribution in [1.82, 2.24) is 24.8 Å². The van der Waals surface area contributed by atoms with Crippen LogP contribution in [0.4, 0.5) is 11.1 Å². The van der Waals surface area contributed by atoms with Crippen molar-refractivity contribution in [2.24, 2.45) is 5.92 Å². The fourth-order valence-electron chi connectivity index (χ4n) is 5.20. The van der Waals surface area contributed by atoms with Crippen molar-refractivity contribution in [3.05, 3.63) is 36.2 Å². The number of likely N-dealkylation sites (tertiary alicyclic amines) is 1. The summed E-state index contributed by atoms with van der Waals surface area (Å²) in [5.74, 6) is 1.42. The standard InChI is InChI=1S/C26H35N7OS2/c1-32(2)20-8-10-33(11-9-20)24(34)18-5-7-22-23(13-18)36-26(31-22)30-19-6-4-17(12-19)14-27-25-28-15-21(35-3)16-29-25/h5,7,13,15-17,19-20H,4,6,8-12,14H2,1-3H3,(H,30,31)(H,27,28,29)/t17-,19-/m0/s1. The summed E-state index contributed by atoms with van der Waals surface area (Å²) >= 11 is 3.29. The number of amides is 1. The van der Waals surface area contributed by atoms with Gasteiger partial charge in [-0.15, -0.1) is 11.8 Å². The minimum atomic E-state index is 0.134. The molecule has 1 saturated heterocycles. The van der Waals surface area contributed by atoms with Crippen molar-refractivity contribution >= 4 is 50.3 Å². The van der Waals surface area contributed by atoms with Crippen LogP contribution in [0.3, 0.4) is 0 Å². The van der Waals surface area contributed by atoms with Crippen LogP contribution in [0.5, 0.6) is 0 Å². The van der Waals surface area contributed by atoms with E-state index in [9.17, 15) is 4.79 Å². The molecule has 1 aliphatic carbocycles. The second-order valence-corrected chi connectivity index (χ2v) is 11.9. The maximum atomic E-state index is 13.1. The number of piperidine rings is 1. The first-order valence-corrected chi connectivity index (χ1v) is 14.8. The molecule has 8 nitrogen and oxygen atoms in total. The molecule has 1 aliphatic heterocycles. The number of hydrogen-bond donors (Lipinski definition) is 2. The lowest BCUT2D eigenvalue weighted by molar-refractivity contribution is 0.0663. The van der Waals surface area contributed by atoms with Gasteiger partial charge in [-0.3, -0.25) is 4.79 Å². The highest BCUT2D eigenvalue weighted by Crippen LogP contribution is 2.32. The van der Waals surface area contributed by atoms with Gasteiger partial charge in [-0.05, 0) is 76.6 Å². The number of carbonyl (C=O) groups is 1. The van der Waals surface area contributed by atoms with Gasteiger partial charge in [0.1, 0.15) is 0 Å². The van der Waals surface area contributed by atoms with E-state index in [-0.39, 0.29) is 5.91 Å². The highest BCUT2D eigenvalue weighted by molar-refractivity contribution is 7.98. The molecule has 2 aliphatic rings. The lowest BCUT2D eigenvalue weighted by atomic mass is 10.0. The second kappa shape index (κ2) is 11.3. The maximum Gasteiger partial charge on any atom is 0.253 e. The number of anilines is 2. The van der Waals surface area contributed by atoms with Gasteiger partial charge >= 0.3 is 0 Å². The molecule has 0 bridgehead atoms. The van der Waals surface area contributed by atoms with E-state index in [0.29, 0.717) is 23.9 Å². The summed E-state index contributed by atoms with van der Waals surface area (Å²) in [5, 5.41) is 7.97. The Morgan fingerprint density at radius 2 is 1.94 bits per heavy atom. The normalized spacial score (nSPS) is 20.8. The third kappa shape index (κ3) is 5.92.